The van der Waals surface area contributed by atoms with E-state index in [2.05, 4.69) is 37.2 Å². The third-order valence-corrected chi connectivity index (χ3v) is 5.22. The quantitative estimate of drug-likeness (QED) is 0.442. The van der Waals surface area contributed by atoms with E-state index in [0.29, 0.717) is 27.2 Å². The lowest BCUT2D eigenvalue weighted by molar-refractivity contribution is -0.122. The molecule has 30 heavy (non-hydrogen) atoms. The number of nitrogens with zero attached hydrogens (tertiary/aromatic N) is 1. The Kier molecular flexibility index (Phi) is 6.62. The number of hydrogen-bond acceptors (Lipinski definition) is 5. The molecule has 3 rings (SSSR count). The number of carbonyl (C=O) groups excluding carboxylic acids is 3. The molecule has 7 nitrogen and oxygen atoms in total. The Morgan fingerprint density at radius 2 is 1.73 bits per heavy atom. The number of ether oxygens (including phenoxy) is 2. The van der Waals surface area contributed by atoms with E-state index in [-0.39, 0.29) is 11.7 Å². The van der Waals surface area contributed by atoms with Gasteiger partial charge in [0.05, 0.1) is 23.4 Å². The fourth-order valence-electron chi connectivity index (χ4n) is 2.82. The van der Waals surface area contributed by atoms with Gasteiger partial charge in [0.1, 0.15) is 5.57 Å². The van der Waals surface area contributed by atoms with Gasteiger partial charge in [-0.2, -0.15) is 0 Å². The lowest BCUT2D eigenvalue weighted by Crippen LogP contribution is -2.54. The van der Waals surface area contributed by atoms with Crippen molar-refractivity contribution in [2.75, 3.05) is 12.0 Å². The van der Waals surface area contributed by atoms with Gasteiger partial charge >= 0.3 is 6.03 Å². The predicted molar refractivity (Wildman–Crippen MR) is 120 cm³/mol. The Hall–Kier alpha value is -2.65. The van der Waals surface area contributed by atoms with E-state index >= 15 is 0 Å². The number of barbiturate groups is 1. The summed E-state index contributed by atoms with van der Waals surface area (Å²) in [6.07, 6.45) is 1.33. The molecule has 1 N–H and O–H groups in total. The lowest BCUT2D eigenvalue weighted by atomic mass is 10.1. The van der Waals surface area contributed by atoms with Crippen LogP contribution >= 0.6 is 31.9 Å². The second-order valence-corrected chi connectivity index (χ2v) is 8.40. The van der Waals surface area contributed by atoms with E-state index in [4.69, 9.17) is 9.47 Å². The van der Waals surface area contributed by atoms with E-state index < -0.39 is 17.8 Å². The van der Waals surface area contributed by atoms with E-state index in [1.165, 1.54) is 13.2 Å². The zero-order valence-electron chi connectivity index (χ0n) is 16.4. The summed E-state index contributed by atoms with van der Waals surface area (Å²) in [4.78, 5) is 38.6. The van der Waals surface area contributed by atoms with Crippen molar-refractivity contribution in [2.45, 2.75) is 20.0 Å². The number of methoxy groups -OCH3 is 1. The monoisotopic (exact) mass is 536 g/mol. The summed E-state index contributed by atoms with van der Waals surface area (Å²) in [6.45, 7) is 3.78. The molecule has 2 aromatic carbocycles. The minimum absolute atomic E-state index is 0.0735. The number of hydrogen-bond donors (Lipinski definition) is 1. The number of anilines is 1. The minimum atomic E-state index is -0.802. The maximum absolute atomic E-state index is 13.0. The first-order valence-electron chi connectivity index (χ1n) is 8.92. The molecule has 0 radical (unpaired) electrons. The maximum atomic E-state index is 13.0. The number of halogens is 2. The van der Waals surface area contributed by atoms with E-state index in [1.807, 2.05) is 13.8 Å². The van der Waals surface area contributed by atoms with Crippen LogP contribution in [0.15, 0.2) is 50.9 Å². The predicted octanol–water partition coefficient (Wildman–Crippen LogP) is 4.67. The van der Waals surface area contributed by atoms with Gasteiger partial charge in [-0.1, -0.05) is 15.9 Å². The molecule has 0 unspecified atom stereocenters. The van der Waals surface area contributed by atoms with Crippen molar-refractivity contribution in [1.29, 1.82) is 0 Å². The molecule has 1 fully saturated rings. The lowest BCUT2D eigenvalue weighted by Gasteiger charge is -2.26. The number of benzene rings is 2. The van der Waals surface area contributed by atoms with Crippen LogP contribution < -0.4 is 19.7 Å². The number of amides is 4. The fourth-order valence-corrected chi connectivity index (χ4v) is 3.64. The molecule has 0 aliphatic carbocycles. The highest BCUT2D eigenvalue weighted by Crippen LogP contribution is 2.38. The molecule has 1 heterocycles. The maximum Gasteiger partial charge on any atom is 0.335 e. The summed E-state index contributed by atoms with van der Waals surface area (Å²) < 4.78 is 12.5. The molecule has 4 amide bonds. The van der Waals surface area contributed by atoms with Crippen molar-refractivity contribution in [1.82, 2.24) is 5.32 Å². The zero-order chi connectivity index (χ0) is 22.0. The van der Waals surface area contributed by atoms with Gasteiger partial charge in [-0.25, -0.2) is 9.69 Å². The summed E-state index contributed by atoms with van der Waals surface area (Å²) in [5.41, 5.74) is 0.695. The minimum Gasteiger partial charge on any atom is -0.493 e. The van der Waals surface area contributed by atoms with Gasteiger partial charge in [0.2, 0.25) is 0 Å². The molecule has 1 aliphatic rings. The van der Waals surface area contributed by atoms with Gasteiger partial charge in [0.15, 0.2) is 11.5 Å². The highest BCUT2D eigenvalue weighted by Gasteiger charge is 2.36. The van der Waals surface area contributed by atoms with Gasteiger partial charge in [-0.05, 0) is 77.8 Å². The van der Waals surface area contributed by atoms with E-state index in [0.717, 1.165) is 9.37 Å². The van der Waals surface area contributed by atoms with Gasteiger partial charge < -0.3 is 9.47 Å². The number of carbonyl (C=O) groups is 3. The van der Waals surface area contributed by atoms with Crippen LogP contribution in [0.3, 0.4) is 0 Å². The summed E-state index contributed by atoms with van der Waals surface area (Å²) >= 11 is 6.75. The van der Waals surface area contributed by atoms with Crippen LogP contribution in [-0.4, -0.2) is 31.1 Å². The van der Waals surface area contributed by atoms with Crippen LogP contribution in [-0.2, 0) is 9.59 Å². The standard InChI is InChI=1S/C21H18Br2N2O5/c1-11(2)30-18-16(23)9-12(10-17(18)29-3)8-15-19(26)24-21(28)25(20(15)27)14-6-4-13(22)5-7-14/h4-11H,1-3H3,(H,24,26,28)/b15-8+. The van der Waals surface area contributed by atoms with Crippen molar-refractivity contribution in [3.05, 3.63) is 56.5 Å². The molecular formula is C21H18Br2N2O5. The van der Waals surface area contributed by atoms with Gasteiger partial charge in [0.25, 0.3) is 11.8 Å². The summed E-state index contributed by atoms with van der Waals surface area (Å²) in [5, 5.41) is 2.20. The van der Waals surface area contributed by atoms with Crippen LogP contribution in [0, 0.1) is 0 Å². The molecule has 2 aromatic rings. The molecule has 1 saturated heterocycles. The molecule has 1 aliphatic heterocycles. The molecule has 0 saturated carbocycles. The van der Waals surface area contributed by atoms with Crippen molar-refractivity contribution in [3.8, 4) is 11.5 Å². The van der Waals surface area contributed by atoms with Crippen molar-refractivity contribution in [2.24, 2.45) is 0 Å². The van der Waals surface area contributed by atoms with Crippen molar-refractivity contribution >= 4 is 61.5 Å². The third kappa shape index (κ3) is 4.57. The highest BCUT2D eigenvalue weighted by molar-refractivity contribution is 9.10. The summed E-state index contributed by atoms with van der Waals surface area (Å²) in [5.74, 6) is -0.533. The smallest absolute Gasteiger partial charge is 0.335 e. The van der Waals surface area contributed by atoms with E-state index in [1.54, 1.807) is 36.4 Å². The van der Waals surface area contributed by atoms with Gasteiger partial charge in [-0.3, -0.25) is 14.9 Å². The fraction of sp³-hybridized carbons (Fsp3) is 0.190. The molecule has 0 bridgehead atoms. The Morgan fingerprint density at radius 3 is 2.33 bits per heavy atom. The van der Waals surface area contributed by atoms with E-state index in [9.17, 15) is 14.4 Å². The van der Waals surface area contributed by atoms with Crippen molar-refractivity contribution in [3.63, 3.8) is 0 Å². The summed E-state index contributed by atoms with van der Waals surface area (Å²) in [7, 11) is 1.50. The molecule has 0 atom stereocenters. The first kappa shape index (κ1) is 22.0. The summed E-state index contributed by atoms with van der Waals surface area (Å²) in [6, 6.07) is 9.16. The molecule has 0 spiro atoms. The van der Waals surface area contributed by atoms with Crippen molar-refractivity contribution < 1.29 is 23.9 Å². The first-order valence-corrected chi connectivity index (χ1v) is 10.5. The number of imide groups is 2. The SMILES string of the molecule is COc1cc(/C=C2\C(=O)NC(=O)N(c3ccc(Br)cc3)C2=O)cc(Br)c1OC(C)C. The van der Waals surface area contributed by atoms with Crippen LogP contribution in [0.2, 0.25) is 0 Å². The van der Waals surface area contributed by atoms with Crippen LogP contribution in [0.5, 0.6) is 11.5 Å². The van der Waals surface area contributed by atoms with Gasteiger partial charge in [-0.15, -0.1) is 0 Å². The topological polar surface area (TPSA) is 84.9 Å². The second kappa shape index (κ2) is 9.01. The molecule has 156 valence electrons. The number of rotatable bonds is 5. The third-order valence-electron chi connectivity index (χ3n) is 4.10. The zero-order valence-corrected chi connectivity index (χ0v) is 19.5. The highest BCUT2D eigenvalue weighted by atomic mass is 79.9. The largest absolute Gasteiger partial charge is 0.493 e. The Balaban J connectivity index is 2.02. The number of nitrogens with one attached hydrogen (secondary N) is 1. The van der Waals surface area contributed by atoms with Crippen LogP contribution in [0.25, 0.3) is 6.08 Å². The van der Waals surface area contributed by atoms with Crippen LogP contribution in [0.4, 0.5) is 10.5 Å². The Morgan fingerprint density at radius 1 is 1.07 bits per heavy atom. The van der Waals surface area contributed by atoms with Crippen LogP contribution in [0.1, 0.15) is 19.4 Å². The Bertz CT molecular complexity index is 1050. The second-order valence-electron chi connectivity index (χ2n) is 6.63. The number of urea groups is 1. The average Bonchev–Trinajstić information content (AvgIpc) is 2.68. The molecule has 0 aromatic heterocycles. The normalized spacial score (nSPS) is 15.6. The van der Waals surface area contributed by atoms with Gasteiger partial charge in [0, 0.05) is 4.47 Å². The molecule has 9 heteroatoms. The average molecular weight is 538 g/mol. The Labute approximate surface area is 190 Å². The first-order chi connectivity index (χ1) is 14.2. The molecular weight excluding hydrogens is 520 g/mol.